The first-order chi connectivity index (χ1) is 16.0. The number of piperazine rings is 1. The number of hydrogen-bond donors (Lipinski definition) is 0. The molecule has 1 amide bonds. The first kappa shape index (κ1) is 24.0. The Hall–Kier alpha value is -3.15. The summed E-state index contributed by atoms with van der Waals surface area (Å²) in [5.41, 5.74) is -1.21. The number of aromatic nitrogens is 3. The SMILES string of the molecule is CC(C)(C)OC(=O)N1CCN(c2nc3ncc(C(F)(F)F)cc3s2)C(COc2cccnc2)C1. The molecule has 34 heavy (non-hydrogen) atoms. The molecule has 1 atom stereocenters. The van der Waals surface area contributed by atoms with Gasteiger partial charge in [-0.15, -0.1) is 0 Å². The van der Waals surface area contributed by atoms with Crippen LogP contribution < -0.4 is 9.64 Å². The molecular weight excluding hydrogens is 471 g/mol. The van der Waals surface area contributed by atoms with Crippen LogP contribution in [0.1, 0.15) is 26.3 Å². The quantitative estimate of drug-likeness (QED) is 0.523. The highest BCUT2D eigenvalue weighted by Crippen LogP contribution is 2.35. The number of halogens is 3. The van der Waals surface area contributed by atoms with Crippen LogP contribution in [0.4, 0.5) is 23.1 Å². The molecule has 1 saturated heterocycles. The number of ether oxygens (including phenoxy) is 2. The Morgan fingerprint density at radius 3 is 2.71 bits per heavy atom. The van der Waals surface area contributed by atoms with Gasteiger partial charge in [-0.3, -0.25) is 4.98 Å². The number of fused-ring (bicyclic) bond motifs is 1. The molecule has 0 bridgehead atoms. The predicted octanol–water partition coefficient (Wildman–Crippen LogP) is 4.61. The zero-order chi connectivity index (χ0) is 24.5. The summed E-state index contributed by atoms with van der Waals surface area (Å²) in [6.07, 6.45) is -0.911. The monoisotopic (exact) mass is 495 g/mol. The molecule has 0 aliphatic carbocycles. The molecule has 1 unspecified atom stereocenters. The fourth-order valence-electron chi connectivity index (χ4n) is 3.45. The summed E-state index contributed by atoms with van der Waals surface area (Å²) in [5, 5.41) is 0.519. The molecule has 0 radical (unpaired) electrons. The topological polar surface area (TPSA) is 80.7 Å². The van der Waals surface area contributed by atoms with Gasteiger partial charge in [0.15, 0.2) is 10.8 Å². The van der Waals surface area contributed by atoms with Crippen LogP contribution in [0.3, 0.4) is 0 Å². The van der Waals surface area contributed by atoms with Crippen molar-refractivity contribution in [3.63, 3.8) is 0 Å². The Labute approximate surface area is 198 Å². The van der Waals surface area contributed by atoms with E-state index in [1.807, 2.05) is 4.90 Å². The number of amides is 1. The fourth-order valence-corrected chi connectivity index (χ4v) is 4.51. The Kier molecular flexibility index (Phi) is 6.52. The number of carbonyl (C=O) groups is 1. The highest BCUT2D eigenvalue weighted by Gasteiger charge is 2.35. The fraction of sp³-hybridized carbons (Fsp3) is 0.455. The molecule has 3 aromatic heterocycles. The molecule has 0 saturated carbocycles. The molecule has 0 spiro atoms. The van der Waals surface area contributed by atoms with Gasteiger partial charge in [0.1, 0.15) is 18.0 Å². The number of alkyl halides is 3. The van der Waals surface area contributed by atoms with E-state index in [4.69, 9.17) is 9.47 Å². The van der Waals surface area contributed by atoms with Crippen molar-refractivity contribution < 1.29 is 27.4 Å². The van der Waals surface area contributed by atoms with Gasteiger partial charge in [0.05, 0.1) is 22.5 Å². The highest BCUT2D eigenvalue weighted by atomic mass is 32.1. The zero-order valence-corrected chi connectivity index (χ0v) is 19.7. The second-order valence-electron chi connectivity index (χ2n) is 8.81. The Bertz CT molecular complexity index is 1150. The predicted molar refractivity (Wildman–Crippen MR) is 121 cm³/mol. The minimum absolute atomic E-state index is 0.210. The van der Waals surface area contributed by atoms with Crippen molar-refractivity contribution in [1.82, 2.24) is 19.9 Å². The lowest BCUT2D eigenvalue weighted by molar-refractivity contribution is -0.137. The molecule has 3 aromatic rings. The number of thiazole rings is 1. The van der Waals surface area contributed by atoms with Crippen LogP contribution in [0, 0.1) is 0 Å². The van der Waals surface area contributed by atoms with Crippen LogP contribution in [0.15, 0.2) is 36.8 Å². The molecule has 1 aliphatic rings. The van der Waals surface area contributed by atoms with Crippen molar-refractivity contribution in [2.75, 3.05) is 31.1 Å². The van der Waals surface area contributed by atoms with Crippen molar-refractivity contribution >= 4 is 32.9 Å². The summed E-state index contributed by atoms with van der Waals surface area (Å²) in [6, 6.07) is 4.26. The van der Waals surface area contributed by atoms with Crippen molar-refractivity contribution in [3.05, 3.63) is 42.4 Å². The molecule has 0 aromatic carbocycles. The van der Waals surface area contributed by atoms with Gasteiger partial charge in [-0.2, -0.15) is 18.2 Å². The first-order valence-corrected chi connectivity index (χ1v) is 11.4. The summed E-state index contributed by atoms with van der Waals surface area (Å²) >= 11 is 1.13. The van der Waals surface area contributed by atoms with Crippen molar-refractivity contribution in [2.24, 2.45) is 0 Å². The van der Waals surface area contributed by atoms with Crippen LogP contribution in [0.25, 0.3) is 10.3 Å². The number of nitrogens with zero attached hydrogens (tertiary/aromatic N) is 5. The molecule has 0 N–H and O–H groups in total. The van der Waals surface area contributed by atoms with E-state index in [9.17, 15) is 18.0 Å². The third kappa shape index (κ3) is 5.66. The van der Waals surface area contributed by atoms with Gasteiger partial charge in [-0.1, -0.05) is 11.3 Å². The average molecular weight is 496 g/mol. The van der Waals surface area contributed by atoms with Gasteiger partial charge >= 0.3 is 12.3 Å². The zero-order valence-electron chi connectivity index (χ0n) is 18.9. The van der Waals surface area contributed by atoms with Gasteiger partial charge in [0.2, 0.25) is 0 Å². The van der Waals surface area contributed by atoms with Crippen LogP contribution in [0.2, 0.25) is 0 Å². The lowest BCUT2D eigenvalue weighted by Gasteiger charge is -2.41. The van der Waals surface area contributed by atoms with Crippen LogP contribution in [-0.2, 0) is 10.9 Å². The maximum absolute atomic E-state index is 13.1. The van der Waals surface area contributed by atoms with E-state index in [0.717, 1.165) is 23.6 Å². The highest BCUT2D eigenvalue weighted by molar-refractivity contribution is 7.22. The van der Waals surface area contributed by atoms with Gasteiger partial charge in [-0.05, 0) is 39.0 Å². The van der Waals surface area contributed by atoms with Crippen LogP contribution >= 0.6 is 11.3 Å². The van der Waals surface area contributed by atoms with Gasteiger partial charge < -0.3 is 19.3 Å². The summed E-state index contributed by atoms with van der Waals surface area (Å²) < 4.78 is 51.0. The third-order valence-corrected chi connectivity index (χ3v) is 6.05. The lowest BCUT2D eigenvalue weighted by atomic mass is 10.2. The third-order valence-electron chi connectivity index (χ3n) is 5.02. The second-order valence-corrected chi connectivity index (χ2v) is 9.82. The molecule has 1 fully saturated rings. The molecule has 8 nitrogen and oxygen atoms in total. The number of pyridine rings is 2. The van der Waals surface area contributed by atoms with E-state index < -0.39 is 23.4 Å². The minimum Gasteiger partial charge on any atom is -0.490 e. The number of carbonyl (C=O) groups excluding carboxylic acids is 1. The number of rotatable bonds is 4. The van der Waals surface area contributed by atoms with Crippen molar-refractivity contribution in [1.29, 1.82) is 0 Å². The summed E-state index contributed by atoms with van der Waals surface area (Å²) in [4.78, 5) is 28.6. The molecule has 4 rings (SSSR count). The van der Waals surface area contributed by atoms with E-state index in [1.54, 1.807) is 50.2 Å². The average Bonchev–Trinajstić information content (AvgIpc) is 3.19. The number of hydrogen-bond acceptors (Lipinski definition) is 8. The number of anilines is 1. The maximum Gasteiger partial charge on any atom is 0.417 e. The maximum atomic E-state index is 13.1. The lowest BCUT2D eigenvalue weighted by Crippen LogP contribution is -2.57. The molecular formula is C22H24F3N5O3S. The summed E-state index contributed by atoms with van der Waals surface area (Å²) in [6.45, 7) is 6.69. The Morgan fingerprint density at radius 1 is 1.24 bits per heavy atom. The van der Waals surface area contributed by atoms with Crippen LogP contribution in [-0.4, -0.2) is 63.8 Å². The van der Waals surface area contributed by atoms with Gasteiger partial charge in [0.25, 0.3) is 0 Å². The minimum atomic E-state index is -4.48. The van der Waals surface area contributed by atoms with E-state index in [-0.39, 0.29) is 18.3 Å². The normalized spacial score (nSPS) is 17.2. The van der Waals surface area contributed by atoms with Crippen molar-refractivity contribution in [3.8, 4) is 5.75 Å². The van der Waals surface area contributed by atoms with E-state index in [2.05, 4.69) is 15.0 Å². The first-order valence-electron chi connectivity index (χ1n) is 10.6. The smallest absolute Gasteiger partial charge is 0.417 e. The Morgan fingerprint density at radius 2 is 2.03 bits per heavy atom. The molecule has 4 heterocycles. The van der Waals surface area contributed by atoms with E-state index in [1.165, 1.54) is 0 Å². The van der Waals surface area contributed by atoms with Crippen molar-refractivity contribution in [2.45, 2.75) is 38.6 Å². The molecule has 182 valence electrons. The standard InChI is InChI=1S/C22H24F3N5O3S/c1-21(2,3)33-20(31)29-7-8-30(15(12-29)13-32-16-5-4-6-26-11-16)19-28-18-17(34-19)9-14(10-27-18)22(23,24)25/h4-6,9-11,15H,7-8,12-13H2,1-3H3. The molecule has 1 aliphatic heterocycles. The van der Waals surface area contributed by atoms with Gasteiger partial charge in [0, 0.05) is 32.0 Å². The summed E-state index contributed by atoms with van der Waals surface area (Å²) in [5.74, 6) is 0.567. The van der Waals surface area contributed by atoms with E-state index in [0.29, 0.717) is 35.2 Å². The second kappa shape index (κ2) is 9.24. The van der Waals surface area contributed by atoms with E-state index >= 15 is 0 Å². The largest absolute Gasteiger partial charge is 0.490 e. The van der Waals surface area contributed by atoms with Gasteiger partial charge in [-0.25, -0.2) is 9.78 Å². The Balaban J connectivity index is 1.58. The van der Waals surface area contributed by atoms with Crippen LogP contribution in [0.5, 0.6) is 5.75 Å². The molecule has 12 heteroatoms. The summed E-state index contributed by atoms with van der Waals surface area (Å²) in [7, 11) is 0.